The van der Waals surface area contributed by atoms with E-state index < -0.39 is 0 Å². The van der Waals surface area contributed by atoms with E-state index in [-0.39, 0.29) is 0 Å². The summed E-state index contributed by atoms with van der Waals surface area (Å²) in [5.41, 5.74) is 1.30. The second-order valence-corrected chi connectivity index (χ2v) is 4.34. The monoisotopic (exact) mass is 226 g/mol. The average molecular weight is 226 g/mol. The van der Waals surface area contributed by atoms with E-state index in [1.165, 1.54) is 5.56 Å². The van der Waals surface area contributed by atoms with Gasteiger partial charge in [-0.25, -0.2) is 0 Å². The SMILES string of the molecule is CC.COc1ccccc1CC(C)SC. The molecule has 0 aliphatic heterocycles. The van der Waals surface area contributed by atoms with Crippen LogP contribution in [0.25, 0.3) is 0 Å². The Morgan fingerprint density at radius 3 is 2.40 bits per heavy atom. The molecule has 1 rings (SSSR count). The van der Waals surface area contributed by atoms with Gasteiger partial charge in [0.1, 0.15) is 5.75 Å². The highest BCUT2D eigenvalue weighted by atomic mass is 32.2. The van der Waals surface area contributed by atoms with Crippen molar-refractivity contribution >= 4 is 11.8 Å². The molecule has 1 aromatic rings. The van der Waals surface area contributed by atoms with Gasteiger partial charge in [-0.1, -0.05) is 39.0 Å². The van der Waals surface area contributed by atoms with Crippen LogP contribution >= 0.6 is 11.8 Å². The standard InChI is InChI=1S/C11H16OS.C2H6/c1-9(13-3)8-10-6-4-5-7-11(10)12-2;1-2/h4-7,9H,8H2,1-3H3;1-2H3. The second kappa shape index (κ2) is 8.66. The largest absolute Gasteiger partial charge is 0.496 e. The molecule has 0 spiro atoms. The molecule has 0 amide bonds. The van der Waals surface area contributed by atoms with Crippen LogP contribution in [0.4, 0.5) is 0 Å². The molecule has 86 valence electrons. The van der Waals surface area contributed by atoms with Crippen molar-refractivity contribution in [1.29, 1.82) is 0 Å². The summed E-state index contributed by atoms with van der Waals surface area (Å²) in [6.07, 6.45) is 3.21. The Hall–Kier alpha value is -0.630. The first-order chi connectivity index (χ1) is 7.27. The Labute approximate surface area is 98.2 Å². The van der Waals surface area contributed by atoms with Gasteiger partial charge in [0.25, 0.3) is 0 Å². The van der Waals surface area contributed by atoms with E-state index in [0.29, 0.717) is 5.25 Å². The first-order valence-corrected chi connectivity index (χ1v) is 6.71. The van der Waals surface area contributed by atoms with E-state index >= 15 is 0 Å². The summed E-state index contributed by atoms with van der Waals surface area (Å²) in [7, 11) is 1.72. The highest BCUT2D eigenvalue weighted by Gasteiger charge is 2.05. The minimum Gasteiger partial charge on any atom is -0.496 e. The van der Waals surface area contributed by atoms with Gasteiger partial charge in [-0.3, -0.25) is 0 Å². The van der Waals surface area contributed by atoms with Crippen LogP contribution in [-0.4, -0.2) is 18.6 Å². The molecular weight excluding hydrogens is 204 g/mol. The van der Waals surface area contributed by atoms with Gasteiger partial charge in [0.05, 0.1) is 7.11 Å². The number of rotatable bonds is 4. The number of benzene rings is 1. The summed E-state index contributed by atoms with van der Waals surface area (Å²) in [4.78, 5) is 0. The van der Waals surface area contributed by atoms with Crippen LogP contribution in [0.3, 0.4) is 0 Å². The van der Waals surface area contributed by atoms with Crippen molar-refractivity contribution < 1.29 is 4.74 Å². The van der Waals surface area contributed by atoms with E-state index in [2.05, 4.69) is 25.3 Å². The van der Waals surface area contributed by atoms with Gasteiger partial charge < -0.3 is 4.74 Å². The molecule has 1 unspecified atom stereocenters. The summed E-state index contributed by atoms with van der Waals surface area (Å²) >= 11 is 1.88. The lowest BCUT2D eigenvalue weighted by atomic mass is 10.1. The lowest BCUT2D eigenvalue weighted by Gasteiger charge is -2.11. The number of hydrogen-bond acceptors (Lipinski definition) is 2. The minimum atomic E-state index is 0.649. The molecule has 15 heavy (non-hydrogen) atoms. The highest BCUT2D eigenvalue weighted by Crippen LogP contribution is 2.21. The fourth-order valence-corrected chi connectivity index (χ4v) is 1.61. The van der Waals surface area contributed by atoms with Crippen molar-refractivity contribution in [1.82, 2.24) is 0 Å². The molecule has 2 heteroatoms. The van der Waals surface area contributed by atoms with Crippen molar-refractivity contribution in [2.45, 2.75) is 32.4 Å². The van der Waals surface area contributed by atoms with Crippen LogP contribution in [0.2, 0.25) is 0 Å². The van der Waals surface area contributed by atoms with Gasteiger partial charge in [0.15, 0.2) is 0 Å². The smallest absolute Gasteiger partial charge is 0.122 e. The fourth-order valence-electron chi connectivity index (χ4n) is 1.26. The molecule has 1 nitrogen and oxygen atoms in total. The van der Waals surface area contributed by atoms with Gasteiger partial charge in [-0.2, -0.15) is 11.8 Å². The van der Waals surface area contributed by atoms with Crippen LogP contribution in [-0.2, 0) is 6.42 Å². The molecule has 0 aliphatic carbocycles. The molecular formula is C13H22OS. The van der Waals surface area contributed by atoms with Crippen molar-refractivity contribution in [3.05, 3.63) is 29.8 Å². The third-order valence-corrected chi connectivity index (χ3v) is 3.07. The summed E-state index contributed by atoms with van der Waals surface area (Å²) in [5, 5.41) is 0.649. The molecule has 0 saturated carbocycles. The van der Waals surface area contributed by atoms with Crippen LogP contribution in [0.5, 0.6) is 5.75 Å². The van der Waals surface area contributed by atoms with Gasteiger partial charge in [0, 0.05) is 5.25 Å². The van der Waals surface area contributed by atoms with Gasteiger partial charge in [-0.15, -0.1) is 0 Å². The average Bonchev–Trinajstić information content (AvgIpc) is 2.32. The fraction of sp³-hybridized carbons (Fsp3) is 0.538. The molecule has 0 fully saturated rings. The minimum absolute atomic E-state index is 0.649. The molecule has 1 aromatic carbocycles. The third-order valence-electron chi connectivity index (χ3n) is 2.10. The first kappa shape index (κ1) is 14.4. The Balaban J connectivity index is 0.000000921. The zero-order chi connectivity index (χ0) is 11.7. The van der Waals surface area contributed by atoms with E-state index in [0.717, 1.165) is 12.2 Å². The van der Waals surface area contributed by atoms with Crippen LogP contribution < -0.4 is 4.74 Å². The van der Waals surface area contributed by atoms with E-state index in [4.69, 9.17) is 4.74 Å². The van der Waals surface area contributed by atoms with Crippen LogP contribution in [0.15, 0.2) is 24.3 Å². The van der Waals surface area contributed by atoms with Crippen molar-refractivity contribution in [2.24, 2.45) is 0 Å². The normalized spacial score (nSPS) is 11.3. The van der Waals surface area contributed by atoms with Crippen LogP contribution in [0.1, 0.15) is 26.3 Å². The van der Waals surface area contributed by atoms with Crippen molar-refractivity contribution in [3.63, 3.8) is 0 Å². The number of hydrogen-bond donors (Lipinski definition) is 0. The maximum absolute atomic E-state index is 5.28. The Morgan fingerprint density at radius 2 is 1.87 bits per heavy atom. The second-order valence-electron chi connectivity index (χ2n) is 3.06. The molecule has 0 bridgehead atoms. The molecule has 0 radical (unpaired) electrons. The highest BCUT2D eigenvalue weighted by molar-refractivity contribution is 7.99. The number of methoxy groups -OCH3 is 1. The van der Waals surface area contributed by atoms with Crippen molar-refractivity contribution in [2.75, 3.05) is 13.4 Å². The Kier molecular flexibility index (Phi) is 8.30. The summed E-state index contributed by atoms with van der Waals surface area (Å²) < 4.78 is 5.28. The summed E-state index contributed by atoms with van der Waals surface area (Å²) in [6.45, 7) is 6.23. The Morgan fingerprint density at radius 1 is 1.27 bits per heavy atom. The zero-order valence-corrected chi connectivity index (χ0v) is 11.2. The van der Waals surface area contributed by atoms with Gasteiger partial charge >= 0.3 is 0 Å². The number of ether oxygens (including phenoxy) is 1. The van der Waals surface area contributed by atoms with Crippen molar-refractivity contribution in [3.8, 4) is 5.75 Å². The lowest BCUT2D eigenvalue weighted by Crippen LogP contribution is -2.02. The molecule has 0 aliphatic rings. The first-order valence-electron chi connectivity index (χ1n) is 5.42. The number of thioether (sulfide) groups is 1. The van der Waals surface area contributed by atoms with E-state index in [9.17, 15) is 0 Å². The van der Waals surface area contributed by atoms with Crippen LogP contribution in [0, 0.1) is 0 Å². The van der Waals surface area contributed by atoms with E-state index in [1.54, 1.807) is 7.11 Å². The third kappa shape index (κ3) is 5.12. The lowest BCUT2D eigenvalue weighted by molar-refractivity contribution is 0.409. The molecule has 1 atom stereocenters. The number of para-hydroxylation sites is 1. The maximum atomic E-state index is 5.28. The van der Waals surface area contributed by atoms with Gasteiger partial charge in [0.2, 0.25) is 0 Å². The maximum Gasteiger partial charge on any atom is 0.122 e. The Bertz CT molecular complexity index is 260. The van der Waals surface area contributed by atoms with Gasteiger partial charge in [-0.05, 0) is 24.3 Å². The molecule has 0 heterocycles. The predicted molar refractivity (Wildman–Crippen MR) is 71.0 cm³/mol. The molecule has 0 saturated heterocycles. The molecule has 0 aromatic heterocycles. The predicted octanol–water partition coefficient (Wildman–Crippen LogP) is 4.02. The zero-order valence-electron chi connectivity index (χ0n) is 10.4. The summed E-state index contributed by atoms with van der Waals surface area (Å²) in [5.74, 6) is 1.00. The topological polar surface area (TPSA) is 9.23 Å². The molecule has 0 N–H and O–H groups in total. The van der Waals surface area contributed by atoms with E-state index in [1.807, 2.05) is 37.7 Å². The summed E-state index contributed by atoms with van der Waals surface area (Å²) in [6, 6.07) is 8.21. The quantitative estimate of drug-likeness (QED) is 0.767.